The summed E-state index contributed by atoms with van der Waals surface area (Å²) >= 11 is 0. The molecule has 176 valence electrons. The fourth-order valence-electron chi connectivity index (χ4n) is 4.43. The summed E-state index contributed by atoms with van der Waals surface area (Å²) in [7, 11) is 0. The Bertz CT molecular complexity index is 1640. The molecule has 0 saturated carbocycles. The van der Waals surface area contributed by atoms with Gasteiger partial charge in [-0.1, -0.05) is 42.5 Å². The average Bonchev–Trinajstić information content (AvgIpc) is 3.12. The number of hydrogen-bond donors (Lipinski definition) is 1. The number of fused-ring (bicyclic) bond motifs is 1. The molecule has 0 bridgehead atoms. The van der Waals surface area contributed by atoms with Crippen LogP contribution in [0.3, 0.4) is 0 Å². The zero-order valence-corrected chi connectivity index (χ0v) is 19.2. The number of amides is 4. The van der Waals surface area contributed by atoms with Crippen molar-refractivity contribution < 1.29 is 18.8 Å². The molecule has 4 aromatic rings. The molecule has 0 radical (unpaired) electrons. The summed E-state index contributed by atoms with van der Waals surface area (Å²) in [6.45, 7) is 2.27. The highest BCUT2D eigenvalue weighted by molar-refractivity contribution is 6.39. The number of nitrogens with one attached hydrogen (secondary N) is 1. The van der Waals surface area contributed by atoms with Crippen molar-refractivity contribution >= 4 is 40.5 Å². The smallest absolute Gasteiger partial charge is 0.335 e. The molecule has 0 unspecified atom stereocenters. The summed E-state index contributed by atoms with van der Waals surface area (Å²) in [5.41, 5.74) is 3.41. The van der Waals surface area contributed by atoms with Gasteiger partial charge in [0.15, 0.2) is 0 Å². The van der Waals surface area contributed by atoms with Gasteiger partial charge in [0.2, 0.25) is 0 Å². The van der Waals surface area contributed by atoms with Gasteiger partial charge in [-0.3, -0.25) is 14.9 Å². The van der Waals surface area contributed by atoms with E-state index < -0.39 is 23.7 Å². The monoisotopic (exact) mass is 478 g/mol. The number of para-hydroxylation sites is 1. The summed E-state index contributed by atoms with van der Waals surface area (Å²) in [6.07, 6.45) is 1.46. The van der Waals surface area contributed by atoms with Crippen LogP contribution in [0, 0.1) is 24.1 Å². The highest BCUT2D eigenvalue weighted by atomic mass is 19.1. The molecule has 5 rings (SSSR count). The summed E-state index contributed by atoms with van der Waals surface area (Å²) in [5, 5.41) is 12.5. The van der Waals surface area contributed by atoms with Gasteiger partial charge in [0.1, 0.15) is 11.4 Å². The van der Waals surface area contributed by atoms with E-state index in [1.54, 1.807) is 12.1 Å². The maximum atomic E-state index is 13.8. The van der Waals surface area contributed by atoms with Gasteiger partial charge in [-0.15, -0.1) is 0 Å². The quantitative estimate of drug-likeness (QED) is 0.341. The van der Waals surface area contributed by atoms with Crippen molar-refractivity contribution in [3.8, 4) is 6.07 Å². The minimum absolute atomic E-state index is 0.0168. The van der Waals surface area contributed by atoms with E-state index in [1.165, 1.54) is 24.3 Å². The molecule has 8 heteroatoms. The topological polar surface area (TPSA) is 95.2 Å². The Morgan fingerprint density at radius 2 is 1.75 bits per heavy atom. The number of rotatable bonds is 4. The number of aromatic nitrogens is 1. The molecule has 4 amide bonds. The minimum atomic E-state index is -0.944. The molecule has 0 atom stereocenters. The van der Waals surface area contributed by atoms with Crippen LogP contribution in [0.1, 0.15) is 22.4 Å². The van der Waals surface area contributed by atoms with E-state index in [2.05, 4.69) is 11.4 Å². The Hall–Kier alpha value is -5.03. The van der Waals surface area contributed by atoms with Crippen LogP contribution in [0.4, 0.5) is 14.9 Å². The molecule has 1 N–H and O–H groups in total. The molecule has 1 aliphatic heterocycles. The van der Waals surface area contributed by atoms with Gasteiger partial charge in [-0.05, 0) is 48.9 Å². The molecule has 1 fully saturated rings. The first-order valence-electron chi connectivity index (χ1n) is 11.1. The van der Waals surface area contributed by atoms with E-state index >= 15 is 0 Å². The van der Waals surface area contributed by atoms with Crippen LogP contribution in [0.15, 0.2) is 78.4 Å². The third-order valence-corrected chi connectivity index (χ3v) is 6.20. The number of carbonyl (C=O) groups is 3. The number of hydrogen-bond acceptors (Lipinski definition) is 4. The number of benzene rings is 3. The van der Waals surface area contributed by atoms with Gasteiger partial charge in [0, 0.05) is 28.7 Å². The van der Waals surface area contributed by atoms with Crippen molar-refractivity contribution in [2.24, 2.45) is 0 Å². The van der Waals surface area contributed by atoms with Crippen molar-refractivity contribution in [2.45, 2.75) is 13.5 Å². The van der Waals surface area contributed by atoms with Crippen LogP contribution in [0.5, 0.6) is 0 Å². The second-order valence-corrected chi connectivity index (χ2v) is 8.31. The van der Waals surface area contributed by atoms with Crippen LogP contribution in [-0.2, 0) is 16.1 Å². The Morgan fingerprint density at radius 1 is 1.00 bits per heavy atom. The minimum Gasteiger partial charge on any atom is -0.340 e. The third-order valence-electron chi connectivity index (χ3n) is 6.20. The summed E-state index contributed by atoms with van der Waals surface area (Å²) in [6, 6.07) is 21.1. The maximum absolute atomic E-state index is 13.8. The molecule has 0 spiro atoms. The Kier molecular flexibility index (Phi) is 5.66. The summed E-state index contributed by atoms with van der Waals surface area (Å²) in [5.74, 6) is -2.30. The van der Waals surface area contributed by atoms with Gasteiger partial charge >= 0.3 is 6.03 Å². The van der Waals surface area contributed by atoms with E-state index in [0.717, 1.165) is 33.1 Å². The number of imide groups is 2. The predicted molar refractivity (Wildman–Crippen MR) is 132 cm³/mol. The first-order valence-corrected chi connectivity index (χ1v) is 11.1. The van der Waals surface area contributed by atoms with Crippen molar-refractivity contribution in [3.05, 3.63) is 107 Å². The number of anilines is 1. The molecule has 7 nitrogen and oxygen atoms in total. The second-order valence-electron chi connectivity index (χ2n) is 8.31. The van der Waals surface area contributed by atoms with Crippen LogP contribution < -0.4 is 10.2 Å². The van der Waals surface area contributed by atoms with E-state index in [1.807, 2.05) is 47.9 Å². The fraction of sp³-hybridized carbons (Fsp3) is 0.0714. The fourth-order valence-corrected chi connectivity index (χ4v) is 4.43. The van der Waals surface area contributed by atoms with Gasteiger partial charge in [0.25, 0.3) is 11.8 Å². The molecular weight excluding hydrogens is 459 g/mol. The first-order chi connectivity index (χ1) is 17.4. The van der Waals surface area contributed by atoms with Crippen LogP contribution in [-0.4, -0.2) is 22.4 Å². The lowest BCUT2D eigenvalue weighted by Gasteiger charge is -2.26. The Balaban J connectivity index is 1.63. The van der Waals surface area contributed by atoms with Crippen molar-refractivity contribution in [1.29, 1.82) is 5.26 Å². The molecular formula is C28H19FN4O3. The number of nitrogens with zero attached hydrogens (tertiary/aromatic N) is 3. The summed E-state index contributed by atoms with van der Waals surface area (Å²) in [4.78, 5) is 39.2. The molecule has 36 heavy (non-hydrogen) atoms. The van der Waals surface area contributed by atoms with Crippen LogP contribution in [0.2, 0.25) is 0 Å². The lowest BCUT2D eigenvalue weighted by atomic mass is 10.0. The normalized spacial score (nSPS) is 14.9. The SMILES string of the molecule is Cc1c(/C=C2\C(=O)NC(=O)N(c3cccc(F)c3)C2=O)c2ccccc2n1Cc1ccccc1C#N. The Morgan fingerprint density at radius 3 is 2.53 bits per heavy atom. The van der Waals surface area contributed by atoms with E-state index in [0.29, 0.717) is 17.7 Å². The largest absolute Gasteiger partial charge is 0.340 e. The zero-order chi connectivity index (χ0) is 25.4. The predicted octanol–water partition coefficient (Wildman–Crippen LogP) is 4.68. The van der Waals surface area contributed by atoms with E-state index in [-0.39, 0.29) is 11.3 Å². The van der Waals surface area contributed by atoms with E-state index in [4.69, 9.17) is 0 Å². The van der Waals surface area contributed by atoms with Gasteiger partial charge in [-0.25, -0.2) is 14.1 Å². The standard InChI is InChI=1S/C28H19FN4O3/c1-17-23(14-24-26(34)31-28(36)33(27(24)35)21-10-6-9-20(29)13-21)22-11-4-5-12-25(22)32(17)16-19-8-3-2-7-18(19)15-30/h2-14H,16H2,1H3,(H,31,34,36)/b24-14+. The van der Waals surface area contributed by atoms with Gasteiger partial charge in [-0.2, -0.15) is 5.26 Å². The second kappa shape index (κ2) is 8.96. The Labute approximate surface area is 205 Å². The molecule has 1 aliphatic rings. The number of urea groups is 1. The highest BCUT2D eigenvalue weighted by Gasteiger charge is 2.37. The van der Waals surface area contributed by atoms with Crippen LogP contribution in [0.25, 0.3) is 17.0 Å². The van der Waals surface area contributed by atoms with E-state index in [9.17, 15) is 24.0 Å². The molecule has 1 aromatic heterocycles. The van der Waals surface area contributed by atoms with Gasteiger partial charge < -0.3 is 4.57 Å². The number of carbonyl (C=O) groups excluding carboxylic acids is 3. The zero-order valence-electron chi connectivity index (χ0n) is 19.2. The average molecular weight is 478 g/mol. The molecule has 2 heterocycles. The maximum Gasteiger partial charge on any atom is 0.335 e. The molecule has 1 saturated heterocycles. The number of barbiturate groups is 1. The summed E-state index contributed by atoms with van der Waals surface area (Å²) < 4.78 is 15.8. The lowest BCUT2D eigenvalue weighted by molar-refractivity contribution is -0.122. The molecule has 0 aliphatic carbocycles. The first kappa shape index (κ1) is 22.7. The lowest BCUT2D eigenvalue weighted by Crippen LogP contribution is -2.54. The van der Waals surface area contributed by atoms with Crippen molar-refractivity contribution in [2.75, 3.05) is 4.90 Å². The molecule has 3 aromatic carbocycles. The van der Waals surface area contributed by atoms with Crippen molar-refractivity contribution in [1.82, 2.24) is 9.88 Å². The van der Waals surface area contributed by atoms with Crippen molar-refractivity contribution in [3.63, 3.8) is 0 Å². The third kappa shape index (κ3) is 3.83. The van der Waals surface area contributed by atoms with Gasteiger partial charge in [0.05, 0.1) is 17.3 Å². The van der Waals surface area contributed by atoms with Crippen LogP contribution >= 0.6 is 0 Å². The number of halogens is 1. The highest BCUT2D eigenvalue weighted by Crippen LogP contribution is 2.31. The number of nitriles is 1.